The van der Waals surface area contributed by atoms with E-state index < -0.39 is 32.9 Å². The number of esters is 1. The summed E-state index contributed by atoms with van der Waals surface area (Å²) in [6.07, 6.45) is 3.59. The molecule has 0 saturated carbocycles. The molecular weight excluding hydrogens is 557 g/mol. The molecule has 0 amide bonds. The molecule has 1 fully saturated rings. The van der Waals surface area contributed by atoms with Gasteiger partial charge in [-0.3, -0.25) is 4.99 Å². The van der Waals surface area contributed by atoms with Crippen molar-refractivity contribution in [2.24, 2.45) is 16.8 Å². The Morgan fingerprint density at radius 2 is 2.11 bits per heavy atom. The van der Waals surface area contributed by atoms with Crippen LogP contribution in [0.4, 0.5) is 4.39 Å². The van der Waals surface area contributed by atoms with Gasteiger partial charge in [-0.15, -0.1) is 11.3 Å². The number of hydrogen-bond donors (Lipinski definition) is 0. The standard InChI is InChI=1S/C24H27BrFN3O4S2/c1-5-33-24(30)19-20(17-7-6-15(26)12-18(17)25)28-22(23-27-9-11-34-23)29-10-8-16(21(19)29)13(2)14(3)35(4,31)32/h6-7,9,11-14,16,20H,5,8,10H2,1-4H3/t13-,14?,16?,20-/m0/s1. The van der Waals surface area contributed by atoms with E-state index in [-0.39, 0.29) is 18.4 Å². The third kappa shape index (κ3) is 4.95. The van der Waals surface area contributed by atoms with E-state index in [1.165, 1.54) is 29.7 Å². The number of thiazole rings is 1. The molecule has 0 bridgehead atoms. The number of nitrogens with zero attached hydrogens (tertiary/aromatic N) is 3. The molecule has 4 atom stereocenters. The van der Waals surface area contributed by atoms with Gasteiger partial charge in [-0.1, -0.05) is 28.9 Å². The number of carbonyl (C=O) groups is 1. The van der Waals surface area contributed by atoms with Crippen LogP contribution in [0.2, 0.25) is 0 Å². The molecule has 188 valence electrons. The SMILES string of the molecule is CCOC(=O)C1=C2C([C@@H](C)C(C)S(C)(=O)=O)CCN2C(c2nccs2)=N[C@H]1c1ccc(F)cc1Br. The lowest BCUT2D eigenvalue weighted by Gasteiger charge is -2.35. The number of amidine groups is 1. The minimum atomic E-state index is -3.31. The Balaban J connectivity index is 1.96. The maximum Gasteiger partial charge on any atom is 0.338 e. The molecule has 0 aliphatic carbocycles. The van der Waals surface area contributed by atoms with Gasteiger partial charge in [-0.25, -0.2) is 22.6 Å². The van der Waals surface area contributed by atoms with Crippen molar-refractivity contribution < 1.29 is 22.3 Å². The molecule has 4 rings (SSSR count). The van der Waals surface area contributed by atoms with Crippen LogP contribution in [0, 0.1) is 17.7 Å². The zero-order chi connectivity index (χ0) is 25.5. The third-order valence-electron chi connectivity index (χ3n) is 6.79. The van der Waals surface area contributed by atoms with E-state index in [0.29, 0.717) is 45.1 Å². The second-order valence-corrected chi connectivity index (χ2v) is 13.0. The molecule has 2 unspecified atom stereocenters. The molecular formula is C24H27BrFN3O4S2. The van der Waals surface area contributed by atoms with Gasteiger partial charge in [0.15, 0.2) is 10.8 Å². The van der Waals surface area contributed by atoms with Crippen LogP contribution in [0.1, 0.15) is 43.8 Å². The number of halogens is 2. The van der Waals surface area contributed by atoms with Crippen molar-refractivity contribution in [3.05, 3.63) is 61.9 Å². The van der Waals surface area contributed by atoms with E-state index in [4.69, 9.17) is 9.73 Å². The molecule has 1 aromatic heterocycles. The molecule has 0 spiro atoms. The maximum absolute atomic E-state index is 13.9. The van der Waals surface area contributed by atoms with Gasteiger partial charge in [-0.2, -0.15) is 0 Å². The van der Waals surface area contributed by atoms with Gasteiger partial charge in [-0.05, 0) is 43.9 Å². The number of hydrogen-bond acceptors (Lipinski definition) is 8. The number of fused-ring (bicyclic) bond motifs is 1. The first-order valence-corrected chi connectivity index (χ1v) is 15.0. The van der Waals surface area contributed by atoms with Crippen molar-refractivity contribution in [1.82, 2.24) is 9.88 Å². The monoisotopic (exact) mass is 583 g/mol. The number of sulfone groups is 1. The molecule has 0 N–H and O–H groups in total. The van der Waals surface area contributed by atoms with Crippen LogP contribution in [-0.2, 0) is 19.4 Å². The average molecular weight is 585 g/mol. The molecule has 7 nitrogen and oxygen atoms in total. The average Bonchev–Trinajstić information content (AvgIpc) is 3.47. The highest BCUT2D eigenvalue weighted by Gasteiger charge is 2.46. The fourth-order valence-corrected chi connectivity index (χ4v) is 6.97. The van der Waals surface area contributed by atoms with Crippen LogP contribution >= 0.6 is 27.3 Å². The van der Waals surface area contributed by atoms with Crippen LogP contribution in [0.15, 0.2) is 50.5 Å². The Hall–Kier alpha value is -2.11. The highest BCUT2D eigenvalue weighted by Crippen LogP contribution is 2.47. The van der Waals surface area contributed by atoms with Crippen LogP contribution in [0.3, 0.4) is 0 Å². The molecule has 1 saturated heterocycles. The lowest BCUT2D eigenvalue weighted by molar-refractivity contribution is -0.139. The highest BCUT2D eigenvalue weighted by molar-refractivity contribution is 9.10. The molecule has 35 heavy (non-hydrogen) atoms. The lowest BCUT2D eigenvalue weighted by atomic mass is 9.83. The summed E-state index contributed by atoms with van der Waals surface area (Å²) in [6.45, 7) is 6.10. The second kappa shape index (κ2) is 10.1. The van der Waals surface area contributed by atoms with Crippen molar-refractivity contribution in [3.8, 4) is 0 Å². The normalized spacial score (nSPS) is 22.0. The summed E-state index contributed by atoms with van der Waals surface area (Å²) < 4.78 is 44.7. The summed E-state index contributed by atoms with van der Waals surface area (Å²) in [4.78, 5) is 24.8. The Morgan fingerprint density at radius 3 is 2.71 bits per heavy atom. The van der Waals surface area contributed by atoms with E-state index in [1.54, 1.807) is 26.1 Å². The highest BCUT2D eigenvalue weighted by atomic mass is 79.9. The van der Waals surface area contributed by atoms with E-state index in [0.717, 1.165) is 0 Å². The van der Waals surface area contributed by atoms with Crippen LogP contribution < -0.4 is 0 Å². The summed E-state index contributed by atoms with van der Waals surface area (Å²) in [5.41, 5.74) is 1.69. The van der Waals surface area contributed by atoms with Crippen molar-refractivity contribution in [1.29, 1.82) is 0 Å². The van der Waals surface area contributed by atoms with Crippen molar-refractivity contribution in [3.63, 3.8) is 0 Å². The number of benzene rings is 1. The minimum absolute atomic E-state index is 0.177. The fourth-order valence-electron chi connectivity index (χ4n) is 4.79. The zero-order valence-corrected chi connectivity index (χ0v) is 23.1. The largest absolute Gasteiger partial charge is 0.463 e. The molecule has 1 aromatic carbocycles. The van der Waals surface area contributed by atoms with Gasteiger partial charge in [0, 0.05) is 40.5 Å². The van der Waals surface area contributed by atoms with E-state index in [1.807, 2.05) is 17.2 Å². The van der Waals surface area contributed by atoms with Gasteiger partial charge < -0.3 is 9.64 Å². The smallest absolute Gasteiger partial charge is 0.338 e. The van der Waals surface area contributed by atoms with E-state index in [9.17, 15) is 17.6 Å². The molecule has 3 heterocycles. The number of aliphatic imine (C=N–C) groups is 1. The summed E-state index contributed by atoms with van der Waals surface area (Å²) in [7, 11) is -3.31. The van der Waals surface area contributed by atoms with Gasteiger partial charge >= 0.3 is 5.97 Å². The van der Waals surface area contributed by atoms with Gasteiger partial charge in [0.25, 0.3) is 0 Å². The predicted octanol–water partition coefficient (Wildman–Crippen LogP) is 4.75. The van der Waals surface area contributed by atoms with Gasteiger partial charge in [0.1, 0.15) is 21.7 Å². The van der Waals surface area contributed by atoms with Crippen LogP contribution in [-0.4, -0.2) is 54.8 Å². The molecule has 0 radical (unpaired) electrons. The summed E-state index contributed by atoms with van der Waals surface area (Å²) in [5, 5.41) is 1.94. The number of ether oxygens (including phenoxy) is 1. The topological polar surface area (TPSA) is 88.9 Å². The predicted molar refractivity (Wildman–Crippen MR) is 137 cm³/mol. The first kappa shape index (κ1) is 26.0. The quantitative estimate of drug-likeness (QED) is 0.437. The lowest BCUT2D eigenvalue weighted by Crippen LogP contribution is -2.38. The Morgan fingerprint density at radius 1 is 1.37 bits per heavy atom. The number of aromatic nitrogens is 1. The van der Waals surface area contributed by atoms with Gasteiger partial charge in [0.05, 0.1) is 17.4 Å². The Kier molecular flexibility index (Phi) is 7.49. The van der Waals surface area contributed by atoms with Gasteiger partial charge in [0.2, 0.25) is 0 Å². The maximum atomic E-state index is 13.9. The number of allylic oxidation sites excluding steroid dienone is 1. The fraction of sp³-hybridized carbons (Fsp3) is 0.458. The minimum Gasteiger partial charge on any atom is -0.463 e. The number of rotatable bonds is 7. The Bertz CT molecular complexity index is 1290. The second-order valence-electron chi connectivity index (χ2n) is 8.82. The molecule has 2 aromatic rings. The first-order chi connectivity index (χ1) is 16.5. The zero-order valence-electron chi connectivity index (χ0n) is 19.9. The van der Waals surface area contributed by atoms with E-state index in [2.05, 4.69) is 20.9 Å². The van der Waals surface area contributed by atoms with Crippen molar-refractivity contribution in [2.45, 2.75) is 38.5 Å². The first-order valence-electron chi connectivity index (χ1n) is 11.3. The van der Waals surface area contributed by atoms with Crippen molar-refractivity contribution in [2.75, 3.05) is 19.4 Å². The van der Waals surface area contributed by atoms with E-state index >= 15 is 0 Å². The van der Waals surface area contributed by atoms with Crippen molar-refractivity contribution >= 4 is 48.9 Å². The van der Waals surface area contributed by atoms with Crippen LogP contribution in [0.25, 0.3) is 0 Å². The summed E-state index contributed by atoms with van der Waals surface area (Å²) in [5.74, 6) is -0.789. The Labute approximate surface area is 217 Å². The summed E-state index contributed by atoms with van der Waals surface area (Å²) in [6, 6.07) is 3.51. The summed E-state index contributed by atoms with van der Waals surface area (Å²) >= 11 is 4.88. The molecule has 11 heteroatoms. The number of carbonyl (C=O) groups excluding carboxylic acids is 1. The molecule has 2 aliphatic heterocycles. The van der Waals surface area contributed by atoms with Crippen LogP contribution in [0.5, 0.6) is 0 Å². The molecule has 2 aliphatic rings. The third-order valence-corrected chi connectivity index (χ3v) is 10.0.